The number of unbranched alkanes of at least 4 members (excludes halogenated alkanes) is 1. The summed E-state index contributed by atoms with van der Waals surface area (Å²) in [5.74, 6) is -3.87. The molecule has 3 unspecified atom stereocenters. The molecule has 6 heteroatoms. The number of rotatable bonds is 5. The fourth-order valence-electron chi connectivity index (χ4n) is 2.56. The third-order valence-electron chi connectivity index (χ3n) is 3.53. The Balaban J connectivity index is 0. The van der Waals surface area contributed by atoms with E-state index in [4.69, 9.17) is 0 Å². The van der Waals surface area contributed by atoms with Gasteiger partial charge in [0.05, 0.1) is 0 Å². The van der Waals surface area contributed by atoms with Gasteiger partial charge in [-0.05, 0) is 25.2 Å². The molecule has 0 aromatic carbocycles. The molecule has 0 radical (unpaired) electrons. The van der Waals surface area contributed by atoms with Gasteiger partial charge in [-0.3, -0.25) is 0 Å². The predicted octanol–water partition coefficient (Wildman–Crippen LogP) is -6.28. The largest absolute Gasteiger partial charge is 1.00 e. The van der Waals surface area contributed by atoms with Crippen LogP contribution < -0.4 is 69.3 Å². The Bertz CT molecular complexity index is 271. The third kappa shape index (κ3) is 6.40. The number of carboxylic acid groups (broad SMARTS) is 2. The van der Waals surface area contributed by atoms with Crippen LogP contribution in [-0.4, -0.2) is 11.9 Å². The van der Waals surface area contributed by atoms with Gasteiger partial charge >= 0.3 is 59.1 Å². The maximum absolute atomic E-state index is 10.9. The van der Waals surface area contributed by atoms with E-state index < -0.39 is 23.8 Å². The molecule has 1 saturated carbocycles. The SMILES string of the molecule is CCCCC1CCC(C(=O)[O-])C(C(=O)[O-])C1.[Na+].[Na+]. The van der Waals surface area contributed by atoms with Gasteiger partial charge in [0.1, 0.15) is 0 Å². The van der Waals surface area contributed by atoms with Crippen LogP contribution >= 0.6 is 0 Å². The molecule has 1 aliphatic carbocycles. The minimum Gasteiger partial charge on any atom is -0.550 e. The fourth-order valence-corrected chi connectivity index (χ4v) is 2.56. The first-order valence-corrected chi connectivity index (χ1v) is 5.98. The van der Waals surface area contributed by atoms with Crippen molar-refractivity contribution in [2.24, 2.45) is 17.8 Å². The summed E-state index contributed by atoms with van der Waals surface area (Å²) in [7, 11) is 0. The summed E-state index contributed by atoms with van der Waals surface area (Å²) in [6.07, 6.45) is 4.77. The molecule has 0 amide bonds. The zero-order valence-electron chi connectivity index (χ0n) is 11.6. The van der Waals surface area contributed by atoms with Crippen molar-refractivity contribution in [1.82, 2.24) is 0 Å². The Labute approximate surface area is 152 Å². The Morgan fingerprint density at radius 2 is 1.61 bits per heavy atom. The average Bonchev–Trinajstić information content (AvgIpc) is 2.25. The van der Waals surface area contributed by atoms with Gasteiger partial charge in [0.2, 0.25) is 0 Å². The van der Waals surface area contributed by atoms with Gasteiger partial charge in [0.15, 0.2) is 0 Å². The van der Waals surface area contributed by atoms with Crippen LogP contribution in [0.4, 0.5) is 0 Å². The maximum atomic E-state index is 10.9. The summed E-state index contributed by atoms with van der Waals surface area (Å²) in [6, 6.07) is 0. The predicted molar refractivity (Wildman–Crippen MR) is 53.9 cm³/mol. The normalized spacial score (nSPS) is 26.6. The topological polar surface area (TPSA) is 80.3 Å². The summed E-state index contributed by atoms with van der Waals surface area (Å²) in [5.41, 5.74) is 0. The Hall–Kier alpha value is 0.940. The van der Waals surface area contributed by atoms with Crippen LogP contribution in [0.5, 0.6) is 0 Å². The molecule has 3 atom stereocenters. The van der Waals surface area contributed by atoms with Crippen molar-refractivity contribution in [1.29, 1.82) is 0 Å². The molecule has 0 saturated heterocycles. The number of hydrogen-bond acceptors (Lipinski definition) is 4. The molecule has 4 nitrogen and oxygen atoms in total. The average molecular weight is 272 g/mol. The molecule has 0 aliphatic heterocycles. The molecule has 1 aliphatic rings. The molecule has 1 rings (SSSR count). The minimum absolute atomic E-state index is 0. The summed E-state index contributed by atoms with van der Waals surface area (Å²) in [4.78, 5) is 21.7. The van der Waals surface area contributed by atoms with E-state index in [2.05, 4.69) is 6.92 Å². The van der Waals surface area contributed by atoms with Gasteiger partial charge < -0.3 is 19.8 Å². The van der Waals surface area contributed by atoms with E-state index in [1.54, 1.807) is 0 Å². The molecule has 18 heavy (non-hydrogen) atoms. The maximum Gasteiger partial charge on any atom is 1.00 e. The van der Waals surface area contributed by atoms with E-state index in [1.165, 1.54) is 0 Å². The molecule has 0 N–H and O–H groups in total. The van der Waals surface area contributed by atoms with Crippen molar-refractivity contribution in [2.45, 2.75) is 45.4 Å². The van der Waals surface area contributed by atoms with Crippen molar-refractivity contribution >= 4 is 11.9 Å². The second-order valence-electron chi connectivity index (χ2n) is 4.67. The van der Waals surface area contributed by atoms with E-state index in [-0.39, 0.29) is 59.1 Å². The van der Waals surface area contributed by atoms with E-state index in [0.717, 1.165) is 25.7 Å². The van der Waals surface area contributed by atoms with Gasteiger partial charge in [0, 0.05) is 23.8 Å². The monoisotopic (exact) mass is 272 g/mol. The molecule has 0 heterocycles. The van der Waals surface area contributed by atoms with Crippen LogP contribution in [0.1, 0.15) is 45.4 Å². The third-order valence-corrected chi connectivity index (χ3v) is 3.53. The fraction of sp³-hybridized carbons (Fsp3) is 0.833. The van der Waals surface area contributed by atoms with Crippen molar-refractivity contribution in [2.75, 3.05) is 0 Å². The number of hydrogen-bond donors (Lipinski definition) is 0. The molecule has 1 fully saturated rings. The number of aliphatic carboxylic acids is 2. The van der Waals surface area contributed by atoms with Crippen molar-refractivity contribution in [3.05, 3.63) is 0 Å². The van der Waals surface area contributed by atoms with Crippen LogP contribution in [0.3, 0.4) is 0 Å². The minimum atomic E-state index is -1.25. The molecular weight excluding hydrogens is 254 g/mol. The first-order chi connectivity index (χ1) is 7.56. The molecule has 0 spiro atoms. The smallest absolute Gasteiger partial charge is 0.550 e. The Morgan fingerprint density at radius 1 is 1.06 bits per heavy atom. The van der Waals surface area contributed by atoms with Crippen molar-refractivity contribution in [3.63, 3.8) is 0 Å². The van der Waals surface area contributed by atoms with Gasteiger partial charge in [-0.15, -0.1) is 0 Å². The zero-order chi connectivity index (χ0) is 12.1. The van der Waals surface area contributed by atoms with Crippen LogP contribution in [-0.2, 0) is 9.59 Å². The van der Waals surface area contributed by atoms with Crippen molar-refractivity contribution in [3.8, 4) is 0 Å². The van der Waals surface area contributed by atoms with Gasteiger partial charge in [-0.25, -0.2) is 0 Å². The number of carboxylic acids is 2. The summed E-state index contributed by atoms with van der Waals surface area (Å²) < 4.78 is 0. The molecule has 0 bridgehead atoms. The van der Waals surface area contributed by atoms with Crippen LogP contribution in [0, 0.1) is 17.8 Å². The Kier molecular flexibility index (Phi) is 12.6. The quantitative estimate of drug-likeness (QED) is 0.466. The summed E-state index contributed by atoms with van der Waals surface area (Å²) in [5, 5.41) is 21.7. The first-order valence-electron chi connectivity index (χ1n) is 5.98. The number of carbonyl (C=O) groups is 2. The summed E-state index contributed by atoms with van der Waals surface area (Å²) >= 11 is 0. The van der Waals surface area contributed by atoms with E-state index in [1.807, 2.05) is 0 Å². The number of carbonyl (C=O) groups excluding carboxylic acids is 2. The first kappa shape index (κ1) is 21.2. The van der Waals surface area contributed by atoms with Gasteiger partial charge in [-0.2, -0.15) is 0 Å². The summed E-state index contributed by atoms with van der Waals surface area (Å²) in [6.45, 7) is 2.09. The molecule has 0 aromatic rings. The van der Waals surface area contributed by atoms with E-state index in [9.17, 15) is 19.8 Å². The standard InChI is InChI=1S/C12H20O4.2Na/c1-2-3-4-8-5-6-9(11(13)14)10(7-8)12(15)16;;/h8-10H,2-7H2,1H3,(H,13,14)(H,15,16);;/q;2*+1/p-2. The van der Waals surface area contributed by atoms with Crippen LogP contribution in [0.2, 0.25) is 0 Å². The molecule has 0 aromatic heterocycles. The van der Waals surface area contributed by atoms with E-state index >= 15 is 0 Å². The molecule has 92 valence electrons. The van der Waals surface area contributed by atoms with Crippen LogP contribution in [0.15, 0.2) is 0 Å². The van der Waals surface area contributed by atoms with Gasteiger partial charge in [-0.1, -0.05) is 26.2 Å². The second kappa shape index (κ2) is 10.7. The van der Waals surface area contributed by atoms with Crippen molar-refractivity contribution < 1.29 is 78.9 Å². The van der Waals surface area contributed by atoms with Gasteiger partial charge in [0.25, 0.3) is 0 Å². The van der Waals surface area contributed by atoms with E-state index in [0.29, 0.717) is 18.8 Å². The van der Waals surface area contributed by atoms with Crippen LogP contribution in [0.25, 0.3) is 0 Å². The molecular formula is C12H18Na2O4. The Morgan fingerprint density at radius 3 is 2.06 bits per heavy atom. The zero-order valence-corrected chi connectivity index (χ0v) is 15.6. The second-order valence-corrected chi connectivity index (χ2v) is 4.67.